The lowest BCUT2D eigenvalue weighted by molar-refractivity contribution is -0.139. The Morgan fingerprint density at radius 2 is 2.00 bits per heavy atom. The van der Waals surface area contributed by atoms with E-state index >= 15 is 0 Å². The van der Waals surface area contributed by atoms with Gasteiger partial charge in [0.2, 0.25) is 11.8 Å². The highest BCUT2D eigenvalue weighted by Crippen LogP contribution is 2.35. The Kier molecular flexibility index (Phi) is 3.78. The molecule has 4 nitrogen and oxygen atoms in total. The minimum atomic E-state index is -4.55. The number of hydrogen-bond donors (Lipinski definition) is 1. The molecule has 1 aromatic heterocycles. The van der Waals surface area contributed by atoms with Crippen LogP contribution in [-0.4, -0.2) is 17.1 Å². The molecule has 1 N–H and O–H groups in total. The van der Waals surface area contributed by atoms with Gasteiger partial charge in [-0.05, 0) is 24.6 Å². The van der Waals surface area contributed by atoms with Crippen LogP contribution in [0.4, 0.5) is 24.8 Å². The zero-order chi connectivity index (χ0) is 14.8. The number of nitrogens with zero attached hydrogens (tertiary/aromatic N) is 2. The molecule has 106 valence electrons. The molecular formula is C13H12F3N3O. The molecule has 2 rings (SSSR count). The van der Waals surface area contributed by atoms with Crippen LogP contribution in [0.5, 0.6) is 5.88 Å². The van der Waals surface area contributed by atoms with Crippen LogP contribution in [0.25, 0.3) is 0 Å². The van der Waals surface area contributed by atoms with Gasteiger partial charge in [0.1, 0.15) is 5.56 Å². The van der Waals surface area contributed by atoms with Gasteiger partial charge in [0.05, 0.1) is 7.11 Å². The van der Waals surface area contributed by atoms with Crippen LogP contribution >= 0.6 is 0 Å². The molecule has 0 aliphatic carbocycles. The van der Waals surface area contributed by atoms with E-state index in [0.29, 0.717) is 11.9 Å². The Balaban J connectivity index is 2.30. The minimum absolute atomic E-state index is 0.0421. The van der Waals surface area contributed by atoms with E-state index < -0.39 is 17.6 Å². The van der Waals surface area contributed by atoms with E-state index in [-0.39, 0.29) is 5.95 Å². The lowest BCUT2D eigenvalue weighted by Crippen LogP contribution is -2.11. The minimum Gasteiger partial charge on any atom is -0.480 e. The van der Waals surface area contributed by atoms with Crippen LogP contribution in [0.2, 0.25) is 0 Å². The quantitative estimate of drug-likeness (QED) is 0.935. The summed E-state index contributed by atoms with van der Waals surface area (Å²) in [5.41, 5.74) is 0.690. The van der Waals surface area contributed by atoms with E-state index in [1.54, 1.807) is 6.07 Å². The van der Waals surface area contributed by atoms with E-state index in [0.717, 1.165) is 12.7 Å². The average molecular weight is 283 g/mol. The summed E-state index contributed by atoms with van der Waals surface area (Å²) in [5.74, 6) is -0.469. The highest BCUT2D eigenvalue weighted by atomic mass is 19.4. The zero-order valence-corrected chi connectivity index (χ0v) is 10.8. The van der Waals surface area contributed by atoms with Crippen molar-refractivity contribution in [3.8, 4) is 5.88 Å². The van der Waals surface area contributed by atoms with Gasteiger partial charge in [-0.25, -0.2) is 4.98 Å². The van der Waals surface area contributed by atoms with Crippen molar-refractivity contribution < 1.29 is 17.9 Å². The summed E-state index contributed by atoms with van der Waals surface area (Å²) in [6.45, 7) is 1.90. The molecular weight excluding hydrogens is 271 g/mol. The summed E-state index contributed by atoms with van der Waals surface area (Å²) < 4.78 is 42.7. The number of methoxy groups -OCH3 is 1. The fourth-order valence-electron chi connectivity index (χ4n) is 1.63. The van der Waals surface area contributed by atoms with Crippen LogP contribution in [-0.2, 0) is 6.18 Å². The summed E-state index contributed by atoms with van der Waals surface area (Å²) in [6.07, 6.45) is -3.85. The Hall–Kier alpha value is -2.31. The van der Waals surface area contributed by atoms with Crippen molar-refractivity contribution in [3.05, 3.63) is 41.6 Å². The van der Waals surface area contributed by atoms with Gasteiger partial charge < -0.3 is 10.1 Å². The van der Waals surface area contributed by atoms with Gasteiger partial charge in [-0.2, -0.15) is 18.2 Å². The number of ether oxygens (including phenoxy) is 1. The van der Waals surface area contributed by atoms with E-state index in [9.17, 15) is 13.2 Å². The highest BCUT2D eigenvalue weighted by Gasteiger charge is 2.36. The number of hydrogen-bond acceptors (Lipinski definition) is 4. The van der Waals surface area contributed by atoms with Crippen molar-refractivity contribution in [1.29, 1.82) is 0 Å². The third-order valence-electron chi connectivity index (χ3n) is 2.53. The van der Waals surface area contributed by atoms with Gasteiger partial charge in [0.25, 0.3) is 0 Å². The molecule has 1 aromatic carbocycles. The van der Waals surface area contributed by atoms with Crippen molar-refractivity contribution in [2.45, 2.75) is 13.1 Å². The van der Waals surface area contributed by atoms with Gasteiger partial charge in [0, 0.05) is 11.9 Å². The molecule has 1 heterocycles. The number of rotatable bonds is 3. The van der Waals surface area contributed by atoms with Gasteiger partial charge in [-0.1, -0.05) is 12.1 Å². The third kappa shape index (κ3) is 3.17. The van der Waals surface area contributed by atoms with Gasteiger partial charge in [0.15, 0.2) is 0 Å². The number of aromatic nitrogens is 2. The molecule has 2 aromatic rings. The van der Waals surface area contributed by atoms with E-state index in [1.165, 1.54) is 0 Å². The van der Waals surface area contributed by atoms with Crippen LogP contribution in [0.15, 0.2) is 30.5 Å². The van der Waals surface area contributed by atoms with Crippen molar-refractivity contribution in [3.63, 3.8) is 0 Å². The topological polar surface area (TPSA) is 47.0 Å². The summed E-state index contributed by atoms with van der Waals surface area (Å²) in [7, 11) is 1.13. The summed E-state index contributed by atoms with van der Waals surface area (Å²) in [5, 5.41) is 2.83. The largest absolute Gasteiger partial charge is 0.480 e. The molecule has 0 spiro atoms. The SMILES string of the molecule is COc1nc(Nc2cccc(C)c2)ncc1C(F)(F)F. The Labute approximate surface area is 113 Å². The molecule has 0 unspecified atom stereocenters. The fourth-order valence-corrected chi connectivity index (χ4v) is 1.63. The number of aryl methyl sites for hydroxylation is 1. The Morgan fingerprint density at radius 3 is 2.60 bits per heavy atom. The molecule has 0 atom stereocenters. The van der Waals surface area contributed by atoms with Crippen LogP contribution in [0.1, 0.15) is 11.1 Å². The first-order valence-electron chi connectivity index (χ1n) is 5.72. The van der Waals surface area contributed by atoms with Crippen LogP contribution in [0, 0.1) is 6.92 Å². The number of benzene rings is 1. The van der Waals surface area contributed by atoms with Crippen LogP contribution in [0.3, 0.4) is 0 Å². The predicted octanol–water partition coefficient (Wildman–Crippen LogP) is 3.56. The Bertz CT molecular complexity index is 614. The number of anilines is 2. The molecule has 0 aliphatic heterocycles. The van der Waals surface area contributed by atoms with Crippen molar-refractivity contribution in [2.75, 3.05) is 12.4 Å². The lowest BCUT2D eigenvalue weighted by Gasteiger charge is -2.12. The molecule has 0 fully saturated rings. The average Bonchev–Trinajstić information content (AvgIpc) is 2.37. The first kappa shape index (κ1) is 14.1. The number of nitrogens with one attached hydrogen (secondary N) is 1. The molecule has 0 aliphatic rings. The molecule has 0 bridgehead atoms. The molecule has 0 amide bonds. The highest BCUT2D eigenvalue weighted by molar-refractivity contribution is 5.54. The maximum absolute atomic E-state index is 12.7. The normalized spacial score (nSPS) is 11.2. The second-order valence-electron chi connectivity index (χ2n) is 4.11. The number of halogens is 3. The molecule has 7 heteroatoms. The van der Waals surface area contributed by atoms with E-state index in [1.807, 2.05) is 25.1 Å². The maximum Gasteiger partial charge on any atom is 0.423 e. The fraction of sp³-hybridized carbons (Fsp3) is 0.231. The van der Waals surface area contributed by atoms with E-state index in [2.05, 4.69) is 20.0 Å². The third-order valence-corrected chi connectivity index (χ3v) is 2.53. The van der Waals surface area contributed by atoms with E-state index in [4.69, 9.17) is 0 Å². The van der Waals surface area contributed by atoms with Gasteiger partial charge >= 0.3 is 6.18 Å². The summed E-state index contributed by atoms with van der Waals surface area (Å²) in [6, 6.07) is 7.31. The summed E-state index contributed by atoms with van der Waals surface area (Å²) in [4.78, 5) is 7.37. The van der Waals surface area contributed by atoms with Gasteiger partial charge in [-0.3, -0.25) is 0 Å². The number of alkyl halides is 3. The molecule has 0 radical (unpaired) electrons. The van der Waals surface area contributed by atoms with Crippen molar-refractivity contribution in [1.82, 2.24) is 9.97 Å². The smallest absolute Gasteiger partial charge is 0.423 e. The molecule has 20 heavy (non-hydrogen) atoms. The Morgan fingerprint density at radius 1 is 1.25 bits per heavy atom. The first-order chi connectivity index (χ1) is 9.40. The standard InChI is InChI=1S/C13H12F3N3O/c1-8-4-3-5-9(6-8)18-12-17-7-10(13(14,15)16)11(19-12)20-2/h3-7H,1-2H3,(H,17,18,19). The summed E-state index contributed by atoms with van der Waals surface area (Å²) >= 11 is 0. The van der Waals surface area contributed by atoms with Gasteiger partial charge in [-0.15, -0.1) is 0 Å². The lowest BCUT2D eigenvalue weighted by atomic mass is 10.2. The molecule has 0 saturated carbocycles. The van der Waals surface area contributed by atoms with Crippen LogP contribution < -0.4 is 10.1 Å². The predicted molar refractivity (Wildman–Crippen MR) is 68.0 cm³/mol. The zero-order valence-electron chi connectivity index (χ0n) is 10.8. The second kappa shape index (κ2) is 5.36. The monoisotopic (exact) mass is 283 g/mol. The molecule has 0 saturated heterocycles. The van der Waals surface area contributed by atoms with Crippen molar-refractivity contribution in [2.24, 2.45) is 0 Å². The second-order valence-corrected chi connectivity index (χ2v) is 4.11. The van der Waals surface area contributed by atoms with Crippen molar-refractivity contribution >= 4 is 11.6 Å². The first-order valence-corrected chi connectivity index (χ1v) is 5.72. The maximum atomic E-state index is 12.7.